The Labute approximate surface area is 176 Å². The Bertz CT molecular complexity index is 976. The quantitative estimate of drug-likeness (QED) is 0.724. The Hall–Kier alpha value is -1.64. The molecule has 6 nitrogen and oxygen atoms in total. The van der Waals surface area contributed by atoms with Crippen molar-refractivity contribution < 1.29 is 17.9 Å². The van der Waals surface area contributed by atoms with Crippen LogP contribution < -0.4 is 9.62 Å². The second-order valence-electron chi connectivity index (χ2n) is 7.27. The van der Waals surface area contributed by atoms with Gasteiger partial charge in [0.05, 0.1) is 29.8 Å². The van der Waals surface area contributed by atoms with Gasteiger partial charge in [-0.3, -0.25) is 4.31 Å². The number of para-hydroxylation sites is 1. The number of halogens is 1. The van der Waals surface area contributed by atoms with E-state index in [-0.39, 0.29) is 17.2 Å². The zero-order valence-corrected chi connectivity index (χ0v) is 17.9. The van der Waals surface area contributed by atoms with Gasteiger partial charge in [-0.1, -0.05) is 35.9 Å². The summed E-state index contributed by atoms with van der Waals surface area (Å²) in [5.41, 5.74) is 2.29. The summed E-state index contributed by atoms with van der Waals surface area (Å²) < 4.78 is 39.0. The van der Waals surface area contributed by atoms with E-state index in [4.69, 9.17) is 21.1 Å². The largest absolute Gasteiger partial charge is 0.353 e. The molecule has 1 atom stereocenters. The third-order valence-corrected chi connectivity index (χ3v) is 7.44. The fourth-order valence-corrected chi connectivity index (χ4v) is 5.59. The number of ether oxygens (including phenoxy) is 2. The zero-order valence-electron chi connectivity index (χ0n) is 16.3. The van der Waals surface area contributed by atoms with Crippen LogP contribution in [0.5, 0.6) is 0 Å². The molecule has 1 fully saturated rings. The Morgan fingerprint density at radius 1 is 1.14 bits per heavy atom. The summed E-state index contributed by atoms with van der Waals surface area (Å²) in [6.07, 6.45) is 2.45. The first-order chi connectivity index (χ1) is 14.0. The van der Waals surface area contributed by atoms with E-state index < -0.39 is 10.0 Å². The summed E-state index contributed by atoms with van der Waals surface area (Å²) in [5.74, 6) is 0. The molecule has 2 aromatic carbocycles. The van der Waals surface area contributed by atoms with Gasteiger partial charge < -0.3 is 14.8 Å². The standard InChI is InChI=1S/C21H25ClN2O4S/c1-24-18-7-3-2-6-16(18)21(23-11-4-8-20-27-12-5-13-28-20)17-10-9-15(22)14-19(17)29(24,25)26/h2-3,6-7,9-10,14,20-21,23H,4-5,8,11-13H2,1H3. The van der Waals surface area contributed by atoms with Crippen LogP contribution in [0.2, 0.25) is 5.02 Å². The Kier molecular flexibility index (Phi) is 6.13. The van der Waals surface area contributed by atoms with Gasteiger partial charge in [-0.15, -0.1) is 0 Å². The molecule has 2 aliphatic rings. The van der Waals surface area contributed by atoms with E-state index >= 15 is 0 Å². The minimum Gasteiger partial charge on any atom is -0.353 e. The first-order valence-electron chi connectivity index (χ1n) is 9.82. The van der Waals surface area contributed by atoms with Crippen LogP contribution >= 0.6 is 11.6 Å². The molecule has 2 heterocycles. The van der Waals surface area contributed by atoms with Crippen LogP contribution in [-0.2, 0) is 19.5 Å². The van der Waals surface area contributed by atoms with Gasteiger partial charge in [-0.05, 0) is 55.1 Å². The third-order valence-electron chi connectivity index (χ3n) is 5.37. The molecule has 4 rings (SSSR count). The molecule has 1 saturated heterocycles. The number of fused-ring (bicyclic) bond motifs is 2. The molecule has 1 unspecified atom stereocenters. The molecule has 29 heavy (non-hydrogen) atoms. The highest BCUT2D eigenvalue weighted by molar-refractivity contribution is 7.92. The van der Waals surface area contributed by atoms with Crippen LogP contribution in [0.1, 0.15) is 36.4 Å². The Balaban J connectivity index is 1.63. The fourth-order valence-electron chi connectivity index (χ4n) is 3.87. The highest BCUT2D eigenvalue weighted by atomic mass is 35.5. The molecular weight excluding hydrogens is 412 g/mol. The van der Waals surface area contributed by atoms with Crippen molar-refractivity contribution in [2.45, 2.75) is 36.5 Å². The van der Waals surface area contributed by atoms with E-state index in [1.807, 2.05) is 24.3 Å². The highest BCUT2D eigenvalue weighted by Crippen LogP contribution is 2.40. The molecule has 2 aliphatic heterocycles. The lowest BCUT2D eigenvalue weighted by molar-refractivity contribution is -0.181. The molecule has 1 N–H and O–H groups in total. The molecule has 2 aromatic rings. The van der Waals surface area contributed by atoms with Crippen LogP contribution in [0.15, 0.2) is 47.4 Å². The molecule has 0 spiro atoms. The predicted molar refractivity (Wildman–Crippen MR) is 113 cm³/mol. The van der Waals surface area contributed by atoms with Gasteiger partial charge in [0, 0.05) is 12.1 Å². The lowest BCUT2D eigenvalue weighted by Gasteiger charge is -2.24. The van der Waals surface area contributed by atoms with E-state index in [9.17, 15) is 8.42 Å². The van der Waals surface area contributed by atoms with E-state index in [1.165, 1.54) is 10.4 Å². The summed E-state index contributed by atoms with van der Waals surface area (Å²) in [6.45, 7) is 2.19. The molecule has 0 aromatic heterocycles. The van der Waals surface area contributed by atoms with E-state index in [0.29, 0.717) is 22.8 Å². The van der Waals surface area contributed by atoms with Gasteiger partial charge in [0.1, 0.15) is 0 Å². The lowest BCUT2D eigenvalue weighted by atomic mass is 9.96. The molecule has 156 valence electrons. The molecule has 0 aliphatic carbocycles. The van der Waals surface area contributed by atoms with Gasteiger partial charge in [0.25, 0.3) is 10.0 Å². The molecular formula is C21H25ClN2O4S. The van der Waals surface area contributed by atoms with E-state index in [1.54, 1.807) is 19.2 Å². The summed E-state index contributed by atoms with van der Waals surface area (Å²) in [5, 5.41) is 3.95. The number of nitrogens with one attached hydrogen (secondary N) is 1. The van der Waals surface area contributed by atoms with Crippen molar-refractivity contribution in [1.29, 1.82) is 0 Å². The smallest absolute Gasteiger partial charge is 0.264 e. The summed E-state index contributed by atoms with van der Waals surface area (Å²) in [4.78, 5) is 0.236. The zero-order chi connectivity index (χ0) is 20.4. The van der Waals surface area contributed by atoms with Gasteiger partial charge in [0.2, 0.25) is 0 Å². The van der Waals surface area contributed by atoms with Crippen molar-refractivity contribution >= 4 is 27.3 Å². The van der Waals surface area contributed by atoms with Crippen molar-refractivity contribution in [2.24, 2.45) is 0 Å². The van der Waals surface area contributed by atoms with E-state index in [2.05, 4.69) is 5.32 Å². The van der Waals surface area contributed by atoms with Crippen molar-refractivity contribution in [1.82, 2.24) is 5.32 Å². The molecule has 0 radical (unpaired) electrons. The van der Waals surface area contributed by atoms with Gasteiger partial charge in [-0.2, -0.15) is 0 Å². The van der Waals surface area contributed by atoms with Gasteiger partial charge >= 0.3 is 0 Å². The Morgan fingerprint density at radius 2 is 1.90 bits per heavy atom. The number of nitrogens with zero attached hydrogens (tertiary/aromatic N) is 1. The van der Waals surface area contributed by atoms with Crippen molar-refractivity contribution in [2.75, 3.05) is 31.1 Å². The predicted octanol–water partition coefficient (Wildman–Crippen LogP) is 3.70. The maximum absolute atomic E-state index is 13.2. The van der Waals surface area contributed by atoms with Gasteiger partial charge in [-0.25, -0.2) is 8.42 Å². The number of hydrogen-bond acceptors (Lipinski definition) is 5. The maximum Gasteiger partial charge on any atom is 0.264 e. The lowest BCUT2D eigenvalue weighted by Crippen LogP contribution is -2.28. The number of benzene rings is 2. The van der Waals surface area contributed by atoms with Crippen LogP contribution in [0.3, 0.4) is 0 Å². The SMILES string of the molecule is CN1c2ccccc2C(NCCCC2OCCCO2)c2ccc(Cl)cc2S1(=O)=O. The number of hydrogen-bond donors (Lipinski definition) is 1. The Morgan fingerprint density at radius 3 is 2.69 bits per heavy atom. The molecule has 0 amide bonds. The number of rotatable bonds is 5. The minimum atomic E-state index is -3.70. The monoisotopic (exact) mass is 436 g/mol. The number of sulfonamides is 1. The van der Waals surface area contributed by atoms with Crippen LogP contribution in [0.25, 0.3) is 0 Å². The maximum atomic E-state index is 13.2. The highest BCUT2D eigenvalue weighted by Gasteiger charge is 2.34. The van der Waals surface area contributed by atoms with Crippen molar-refractivity contribution in [3.05, 3.63) is 58.6 Å². The molecule has 8 heteroatoms. The topological polar surface area (TPSA) is 67.9 Å². The molecule has 0 bridgehead atoms. The third kappa shape index (κ3) is 4.15. The van der Waals surface area contributed by atoms with Crippen LogP contribution in [0.4, 0.5) is 5.69 Å². The minimum absolute atomic E-state index is 0.149. The average molecular weight is 437 g/mol. The normalized spacial score (nSPS) is 21.3. The molecule has 0 saturated carbocycles. The second-order valence-corrected chi connectivity index (χ2v) is 9.64. The van der Waals surface area contributed by atoms with Gasteiger partial charge in [0.15, 0.2) is 6.29 Å². The van der Waals surface area contributed by atoms with Crippen LogP contribution in [0, 0.1) is 0 Å². The van der Waals surface area contributed by atoms with Crippen LogP contribution in [-0.4, -0.2) is 41.5 Å². The summed E-state index contributed by atoms with van der Waals surface area (Å²) in [6, 6.07) is 12.4. The average Bonchev–Trinajstić information content (AvgIpc) is 2.80. The van der Waals surface area contributed by atoms with E-state index in [0.717, 1.165) is 38.0 Å². The summed E-state index contributed by atoms with van der Waals surface area (Å²) in [7, 11) is -2.12. The first kappa shape index (κ1) is 20.6. The summed E-state index contributed by atoms with van der Waals surface area (Å²) >= 11 is 6.15. The second kappa shape index (κ2) is 8.62. The van der Waals surface area contributed by atoms with Crippen molar-refractivity contribution in [3.63, 3.8) is 0 Å². The first-order valence-corrected chi connectivity index (χ1v) is 11.6. The van der Waals surface area contributed by atoms with Crippen molar-refractivity contribution in [3.8, 4) is 0 Å². The fraction of sp³-hybridized carbons (Fsp3) is 0.429. The number of anilines is 1.